The van der Waals surface area contributed by atoms with Crippen LogP contribution in [0.4, 0.5) is 0 Å². The Morgan fingerprint density at radius 1 is 0.583 bits per heavy atom. The summed E-state index contributed by atoms with van der Waals surface area (Å²) in [4.78, 5) is 0. The molecule has 0 heterocycles. The maximum absolute atomic E-state index is 5.88. The van der Waals surface area contributed by atoms with E-state index in [1.54, 1.807) is 0 Å². The predicted molar refractivity (Wildman–Crippen MR) is 162 cm³/mol. The SMILES string of the molecule is Br.CCOC1(OCC)CCCCCCCC1.PC(c1ccccc1)(c1ccccc1)c1ccccc1. The molecule has 1 aliphatic carbocycles. The molecule has 1 atom stereocenters. The Kier molecular flexibility index (Phi) is 14.0. The molecule has 1 fully saturated rings. The van der Waals surface area contributed by atoms with Crippen LogP contribution in [-0.2, 0) is 14.6 Å². The summed E-state index contributed by atoms with van der Waals surface area (Å²) in [7, 11) is 3.06. The topological polar surface area (TPSA) is 18.5 Å². The smallest absolute Gasteiger partial charge is 0.168 e. The quantitative estimate of drug-likeness (QED) is 0.160. The molecule has 0 amide bonds. The van der Waals surface area contributed by atoms with E-state index in [0.29, 0.717) is 0 Å². The molecule has 0 bridgehead atoms. The molecule has 3 aromatic carbocycles. The summed E-state index contributed by atoms with van der Waals surface area (Å²) < 4.78 is 11.8. The molecule has 4 heteroatoms. The summed E-state index contributed by atoms with van der Waals surface area (Å²) in [6.07, 6.45) is 10.1. The first-order valence-corrected chi connectivity index (χ1v) is 14.0. The Labute approximate surface area is 232 Å². The van der Waals surface area contributed by atoms with E-state index in [4.69, 9.17) is 9.47 Å². The van der Waals surface area contributed by atoms with Crippen molar-refractivity contribution in [3.8, 4) is 0 Å². The highest BCUT2D eigenvalue weighted by Crippen LogP contribution is 2.44. The molecule has 0 N–H and O–H groups in total. The third kappa shape index (κ3) is 8.52. The average Bonchev–Trinajstić information content (AvgIpc) is 3.03. The van der Waals surface area contributed by atoms with Crippen LogP contribution in [0.15, 0.2) is 91.0 Å². The number of halogens is 1. The third-order valence-corrected chi connectivity index (χ3v) is 7.87. The molecule has 196 valence electrons. The zero-order valence-corrected chi connectivity index (χ0v) is 24.9. The maximum Gasteiger partial charge on any atom is 0.168 e. The van der Waals surface area contributed by atoms with Crippen molar-refractivity contribution in [2.24, 2.45) is 0 Å². The van der Waals surface area contributed by atoms with Gasteiger partial charge in [0, 0.05) is 26.1 Å². The van der Waals surface area contributed by atoms with Crippen molar-refractivity contribution in [1.82, 2.24) is 0 Å². The van der Waals surface area contributed by atoms with Gasteiger partial charge < -0.3 is 9.47 Å². The van der Waals surface area contributed by atoms with Gasteiger partial charge in [0.05, 0.1) is 5.16 Å². The van der Waals surface area contributed by atoms with Crippen molar-refractivity contribution in [1.29, 1.82) is 0 Å². The molecule has 0 aliphatic heterocycles. The molecule has 36 heavy (non-hydrogen) atoms. The van der Waals surface area contributed by atoms with E-state index in [2.05, 4.69) is 114 Å². The van der Waals surface area contributed by atoms with Gasteiger partial charge in [0.25, 0.3) is 0 Å². The van der Waals surface area contributed by atoms with E-state index >= 15 is 0 Å². The minimum Gasteiger partial charge on any atom is -0.350 e. The van der Waals surface area contributed by atoms with Gasteiger partial charge in [0.1, 0.15) is 0 Å². The fourth-order valence-electron chi connectivity index (χ4n) is 5.08. The Hall–Kier alpha value is -1.51. The summed E-state index contributed by atoms with van der Waals surface area (Å²) in [6, 6.07) is 31.9. The number of ether oxygens (including phenoxy) is 2. The van der Waals surface area contributed by atoms with Crippen LogP contribution in [0.3, 0.4) is 0 Å². The van der Waals surface area contributed by atoms with Gasteiger partial charge in [-0.2, -0.15) is 0 Å². The van der Waals surface area contributed by atoms with Crippen molar-refractivity contribution < 1.29 is 9.47 Å². The van der Waals surface area contributed by atoms with E-state index < -0.39 is 0 Å². The lowest BCUT2D eigenvalue weighted by molar-refractivity contribution is -0.241. The Bertz CT molecular complexity index is 835. The normalized spacial score (nSPS) is 15.8. The van der Waals surface area contributed by atoms with Gasteiger partial charge in [0.15, 0.2) is 5.79 Å². The third-order valence-electron chi connectivity index (χ3n) is 6.87. The molecular weight excluding hydrogens is 527 g/mol. The molecule has 1 unspecified atom stereocenters. The van der Waals surface area contributed by atoms with Gasteiger partial charge in [-0.1, -0.05) is 117 Å². The second-order valence-corrected chi connectivity index (χ2v) is 10.2. The molecule has 3 aromatic rings. The maximum atomic E-state index is 5.88. The Balaban J connectivity index is 0.000000258. The largest absolute Gasteiger partial charge is 0.350 e. The van der Waals surface area contributed by atoms with Gasteiger partial charge in [-0.15, -0.1) is 26.2 Å². The van der Waals surface area contributed by atoms with Crippen LogP contribution < -0.4 is 0 Å². The van der Waals surface area contributed by atoms with E-state index in [1.165, 1.54) is 55.2 Å². The standard InChI is InChI=1S/C19H17P.C13H26O2.BrH/c20-19(16-10-4-1-5-11-16,17-12-6-2-7-13-17)18-14-8-3-9-15-18;1-3-14-13(15-4-2)11-9-7-5-6-8-10-12-13;/h1-15H,20H2;3-12H2,1-2H3;1H. The fourth-order valence-corrected chi connectivity index (χ4v) is 5.66. The lowest BCUT2D eigenvalue weighted by atomic mass is 9.84. The van der Waals surface area contributed by atoms with Crippen LogP contribution in [0.5, 0.6) is 0 Å². The first kappa shape index (κ1) is 30.7. The van der Waals surface area contributed by atoms with Gasteiger partial charge in [0.2, 0.25) is 0 Å². The van der Waals surface area contributed by atoms with Crippen molar-refractivity contribution in [2.75, 3.05) is 13.2 Å². The van der Waals surface area contributed by atoms with E-state index in [1.807, 2.05) is 0 Å². The highest BCUT2D eigenvalue weighted by atomic mass is 79.9. The predicted octanol–water partition coefficient (Wildman–Crippen LogP) is 9.32. The molecule has 0 radical (unpaired) electrons. The Morgan fingerprint density at radius 3 is 1.19 bits per heavy atom. The molecule has 2 nitrogen and oxygen atoms in total. The monoisotopic (exact) mass is 570 g/mol. The average molecular weight is 572 g/mol. The first-order chi connectivity index (χ1) is 17.1. The molecule has 1 saturated carbocycles. The lowest BCUT2D eigenvalue weighted by Crippen LogP contribution is -2.36. The van der Waals surface area contributed by atoms with Crippen LogP contribution >= 0.6 is 26.2 Å². The number of benzene rings is 3. The lowest BCUT2D eigenvalue weighted by Gasteiger charge is -2.33. The zero-order valence-electron chi connectivity index (χ0n) is 22.0. The van der Waals surface area contributed by atoms with Crippen molar-refractivity contribution in [3.63, 3.8) is 0 Å². The molecule has 4 rings (SSSR count). The summed E-state index contributed by atoms with van der Waals surface area (Å²) in [5.74, 6) is -0.256. The van der Waals surface area contributed by atoms with Gasteiger partial charge >= 0.3 is 0 Å². The molecule has 0 aromatic heterocycles. The van der Waals surface area contributed by atoms with Gasteiger partial charge in [-0.05, 0) is 43.4 Å². The molecule has 0 saturated heterocycles. The van der Waals surface area contributed by atoms with Gasteiger partial charge in [-0.25, -0.2) is 0 Å². The van der Waals surface area contributed by atoms with Crippen molar-refractivity contribution >= 4 is 26.2 Å². The highest BCUT2D eigenvalue weighted by molar-refractivity contribution is 8.93. The van der Waals surface area contributed by atoms with Gasteiger partial charge in [-0.3, -0.25) is 0 Å². The number of hydrogen-bond donors (Lipinski definition) is 0. The summed E-state index contributed by atoms with van der Waals surface area (Å²) in [6.45, 7) is 5.65. The first-order valence-electron chi connectivity index (χ1n) is 13.4. The molecule has 1 aliphatic rings. The summed E-state index contributed by atoms with van der Waals surface area (Å²) in [5, 5.41) is -0.205. The van der Waals surface area contributed by atoms with E-state index in [9.17, 15) is 0 Å². The van der Waals surface area contributed by atoms with Crippen LogP contribution in [0, 0.1) is 0 Å². The van der Waals surface area contributed by atoms with Crippen molar-refractivity contribution in [3.05, 3.63) is 108 Å². The molecule has 0 spiro atoms. The zero-order chi connectivity index (χ0) is 24.8. The number of hydrogen-bond acceptors (Lipinski definition) is 2. The second-order valence-electron chi connectivity index (χ2n) is 9.30. The fraction of sp³-hybridized carbons (Fsp3) is 0.438. The second kappa shape index (κ2) is 16.4. The van der Waals surface area contributed by atoms with Crippen LogP contribution in [0.1, 0.15) is 81.9 Å². The van der Waals surface area contributed by atoms with Crippen LogP contribution in [0.25, 0.3) is 0 Å². The van der Waals surface area contributed by atoms with Crippen molar-refractivity contribution in [2.45, 2.75) is 76.2 Å². The van der Waals surface area contributed by atoms with E-state index in [0.717, 1.165) is 26.1 Å². The Morgan fingerprint density at radius 2 is 0.889 bits per heavy atom. The highest BCUT2D eigenvalue weighted by Gasteiger charge is 2.31. The van der Waals surface area contributed by atoms with Crippen LogP contribution in [-0.4, -0.2) is 19.0 Å². The minimum absolute atomic E-state index is 0. The number of rotatable bonds is 7. The summed E-state index contributed by atoms with van der Waals surface area (Å²) in [5.41, 5.74) is 3.84. The van der Waals surface area contributed by atoms with E-state index in [-0.39, 0.29) is 27.9 Å². The van der Waals surface area contributed by atoms with Crippen LogP contribution in [0.2, 0.25) is 0 Å². The molecular formula is C32H44BrO2P. The summed E-state index contributed by atoms with van der Waals surface area (Å²) >= 11 is 0. The minimum atomic E-state index is -0.256.